The SMILES string of the molecule is O=C(Nc1ccc(Br)cn1)C1CCC(CNS(=O)(=O)c2ccccc2)CC1. The molecule has 0 bridgehead atoms. The zero-order chi connectivity index (χ0) is 19.3. The van der Waals surface area contributed by atoms with E-state index < -0.39 is 10.0 Å². The van der Waals surface area contributed by atoms with Crippen molar-refractivity contribution in [2.24, 2.45) is 11.8 Å². The number of nitrogens with zero attached hydrogens (tertiary/aromatic N) is 1. The Bertz CT molecular complexity index is 865. The van der Waals surface area contributed by atoms with Crippen molar-refractivity contribution in [2.45, 2.75) is 30.6 Å². The van der Waals surface area contributed by atoms with E-state index in [1.54, 1.807) is 42.6 Å². The number of pyridine rings is 1. The van der Waals surface area contributed by atoms with Crippen molar-refractivity contribution >= 4 is 37.7 Å². The molecule has 1 heterocycles. The Kier molecular flexibility index (Phi) is 6.62. The van der Waals surface area contributed by atoms with E-state index in [9.17, 15) is 13.2 Å². The van der Waals surface area contributed by atoms with Gasteiger partial charge in [-0.1, -0.05) is 18.2 Å². The molecule has 144 valence electrons. The number of hydrogen-bond donors (Lipinski definition) is 2. The van der Waals surface area contributed by atoms with E-state index in [0.29, 0.717) is 12.4 Å². The number of hydrogen-bond acceptors (Lipinski definition) is 4. The minimum Gasteiger partial charge on any atom is -0.310 e. The van der Waals surface area contributed by atoms with E-state index in [-0.39, 0.29) is 22.6 Å². The molecule has 0 atom stereocenters. The molecule has 27 heavy (non-hydrogen) atoms. The predicted octanol–water partition coefficient (Wildman–Crippen LogP) is 3.57. The van der Waals surface area contributed by atoms with Gasteiger partial charge in [0.2, 0.25) is 15.9 Å². The van der Waals surface area contributed by atoms with Crippen LogP contribution in [0.5, 0.6) is 0 Å². The predicted molar refractivity (Wildman–Crippen MR) is 108 cm³/mol. The van der Waals surface area contributed by atoms with E-state index >= 15 is 0 Å². The van der Waals surface area contributed by atoms with Gasteiger partial charge in [0.1, 0.15) is 5.82 Å². The third kappa shape index (κ3) is 5.60. The molecule has 2 N–H and O–H groups in total. The van der Waals surface area contributed by atoms with Crippen LogP contribution in [-0.4, -0.2) is 25.9 Å². The van der Waals surface area contributed by atoms with E-state index in [1.807, 2.05) is 6.07 Å². The monoisotopic (exact) mass is 451 g/mol. The standard InChI is InChI=1S/C19H22BrN3O3S/c20-16-10-11-18(21-13-16)23-19(24)15-8-6-14(7-9-15)12-22-27(25,26)17-4-2-1-3-5-17/h1-5,10-11,13-15,22H,6-9,12H2,(H,21,23,24). The summed E-state index contributed by atoms with van der Waals surface area (Å²) in [6.45, 7) is 0.403. The van der Waals surface area contributed by atoms with Gasteiger partial charge in [0.15, 0.2) is 0 Å². The Hall–Kier alpha value is -1.77. The summed E-state index contributed by atoms with van der Waals surface area (Å²) in [5.41, 5.74) is 0. The first kappa shape index (κ1) is 20.0. The molecule has 0 saturated heterocycles. The maximum atomic E-state index is 12.4. The maximum absolute atomic E-state index is 12.4. The molecule has 1 aromatic carbocycles. The number of halogens is 1. The molecule has 1 aliphatic carbocycles. The Morgan fingerprint density at radius 3 is 2.41 bits per heavy atom. The smallest absolute Gasteiger partial charge is 0.240 e. The van der Waals surface area contributed by atoms with E-state index in [0.717, 1.165) is 30.2 Å². The van der Waals surface area contributed by atoms with Gasteiger partial charge in [0.05, 0.1) is 4.90 Å². The number of benzene rings is 1. The van der Waals surface area contributed by atoms with Crippen LogP contribution in [0, 0.1) is 11.8 Å². The fraction of sp³-hybridized carbons (Fsp3) is 0.368. The minimum atomic E-state index is -3.48. The molecule has 2 aromatic rings. The lowest BCUT2D eigenvalue weighted by molar-refractivity contribution is -0.121. The third-order valence-electron chi connectivity index (χ3n) is 4.81. The number of amides is 1. The Morgan fingerprint density at radius 1 is 1.07 bits per heavy atom. The molecular formula is C19H22BrN3O3S. The average molecular weight is 452 g/mol. The van der Waals surface area contributed by atoms with Crippen LogP contribution in [0.2, 0.25) is 0 Å². The Morgan fingerprint density at radius 2 is 1.78 bits per heavy atom. The highest BCUT2D eigenvalue weighted by Gasteiger charge is 2.27. The van der Waals surface area contributed by atoms with Crippen LogP contribution in [0.15, 0.2) is 58.0 Å². The molecule has 1 aliphatic rings. The summed E-state index contributed by atoms with van der Waals surface area (Å²) in [7, 11) is -3.48. The van der Waals surface area contributed by atoms with Gasteiger partial charge in [0, 0.05) is 23.1 Å². The van der Waals surface area contributed by atoms with Gasteiger partial charge < -0.3 is 5.32 Å². The van der Waals surface area contributed by atoms with Crippen molar-refractivity contribution in [3.63, 3.8) is 0 Å². The zero-order valence-electron chi connectivity index (χ0n) is 14.8. The molecule has 1 fully saturated rings. The van der Waals surface area contributed by atoms with Crippen molar-refractivity contribution in [1.29, 1.82) is 0 Å². The van der Waals surface area contributed by atoms with Crippen LogP contribution in [-0.2, 0) is 14.8 Å². The molecular weight excluding hydrogens is 430 g/mol. The van der Waals surface area contributed by atoms with Gasteiger partial charge in [-0.05, 0) is 71.8 Å². The summed E-state index contributed by atoms with van der Waals surface area (Å²) in [5.74, 6) is 0.713. The lowest BCUT2D eigenvalue weighted by Gasteiger charge is -2.27. The summed E-state index contributed by atoms with van der Waals surface area (Å²) >= 11 is 3.31. The summed E-state index contributed by atoms with van der Waals surface area (Å²) in [6, 6.07) is 12.0. The number of carbonyl (C=O) groups is 1. The van der Waals surface area contributed by atoms with Crippen LogP contribution in [0.25, 0.3) is 0 Å². The van der Waals surface area contributed by atoms with E-state index in [4.69, 9.17) is 0 Å². The Balaban J connectivity index is 1.46. The number of carbonyl (C=O) groups excluding carboxylic acids is 1. The van der Waals surface area contributed by atoms with Crippen LogP contribution >= 0.6 is 15.9 Å². The first-order chi connectivity index (χ1) is 12.9. The topological polar surface area (TPSA) is 88.2 Å². The lowest BCUT2D eigenvalue weighted by atomic mass is 9.81. The second kappa shape index (κ2) is 8.95. The van der Waals surface area contributed by atoms with Crippen LogP contribution < -0.4 is 10.0 Å². The van der Waals surface area contributed by atoms with Gasteiger partial charge in [0.25, 0.3) is 0 Å². The van der Waals surface area contributed by atoms with Crippen molar-refractivity contribution in [2.75, 3.05) is 11.9 Å². The van der Waals surface area contributed by atoms with Gasteiger partial charge in [-0.25, -0.2) is 18.1 Å². The number of sulfonamides is 1. The minimum absolute atomic E-state index is 0.0202. The van der Waals surface area contributed by atoms with Gasteiger partial charge >= 0.3 is 0 Å². The van der Waals surface area contributed by atoms with Crippen molar-refractivity contribution in [1.82, 2.24) is 9.71 Å². The number of anilines is 1. The molecule has 0 aliphatic heterocycles. The molecule has 1 saturated carbocycles. The van der Waals surface area contributed by atoms with Gasteiger partial charge in [-0.2, -0.15) is 0 Å². The highest BCUT2D eigenvalue weighted by Crippen LogP contribution is 2.29. The van der Waals surface area contributed by atoms with Gasteiger partial charge in [-0.15, -0.1) is 0 Å². The van der Waals surface area contributed by atoms with E-state index in [1.165, 1.54) is 0 Å². The first-order valence-electron chi connectivity index (χ1n) is 8.91. The molecule has 8 heteroatoms. The molecule has 0 radical (unpaired) electrons. The molecule has 1 aromatic heterocycles. The van der Waals surface area contributed by atoms with Crippen LogP contribution in [0.4, 0.5) is 5.82 Å². The average Bonchev–Trinajstić information content (AvgIpc) is 2.69. The summed E-state index contributed by atoms with van der Waals surface area (Å²) < 4.78 is 28.1. The molecule has 0 unspecified atom stereocenters. The van der Waals surface area contributed by atoms with Crippen molar-refractivity contribution in [3.8, 4) is 0 Å². The quantitative estimate of drug-likeness (QED) is 0.702. The van der Waals surface area contributed by atoms with Gasteiger partial charge in [-0.3, -0.25) is 4.79 Å². The normalized spacial score (nSPS) is 20.2. The molecule has 1 amide bonds. The molecule has 6 nitrogen and oxygen atoms in total. The second-order valence-corrected chi connectivity index (χ2v) is 9.42. The first-order valence-corrected chi connectivity index (χ1v) is 11.2. The van der Waals surface area contributed by atoms with Crippen LogP contribution in [0.1, 0.15) is 25.7 Å². The number of rotatable bonds is 6. The second-order valence-electron chi connectivity index (χ2n) is 6.73. The molecule has 0 spiro atoms. The van der Waals surface area contributed by atoms with E-state index in [2.05, 4.69) is 31.0 Å². The zero-order valence-corrected chi connectivity index (χ0v) is 17.2. The number of aromatic nitrogens is 1. The summed E-state index contributed by atoms with van der Waals surface area (Å²) in [5, 5.41) is 2.85. The van der Waals surface area contributed by atoms with Crippen LogP contribution in [0.3, 0.4) is 0 Å². The highest BCUT2D eigenvalue weighted by atomic mass is 79.9. The van der Waals surface area contributed by atoms with Crippen molar-refractivity contribution < 1.29 is 13.2 Å². The largest absolute Gasteiger partial charge is 0.310 e. The lowest BCUT2D eigenvalue weighted by Crippen LogP contribution is -2.33. The molecule has 3 rings (SSSR count). The summed E-state index contributed by atoms with van der Waals surface area (Å²) in [6.07, 6.45) is 4.79. The number of nitrogens with one attached hydrogen (secondary N) is 2. The summed E-state index contributed by atoms with van der Waals surface area (Å²) in [4.78, 5) is 16.8. The highest BCUT2D eigenvalue weighted by molar-refractivity contribution is 9.10. The maximum Gasteiger partial charge on any atom is 0.240 e. The van der Waals surface area contributed by atoms with Crippen molar-refractivity contribution in [3.05, 3.63) is 53.1 Å². The fourth-order valence-corrected chi connectivity index (χ4v) is 4.59. The third-order valence-corrected chi connectivity index (χ3v) is 6.72. The Labute approximate surface area is 168 Å². The fourth-order valence-electron chi connectivity index (χ4n) is 3.22.